The lowest BCUT2D eigenvalue weighted by molar-refractivity contribution is -0.130. The van der Waals surface area contributed by atoms with Crippen molar-refractivity contribution in [1.82, 2.24) is 0 Å². The molecule has 3 rings (SSSR count). The minimum atomic E-state index is -0.475. The fraction of sp³-hybridized carbons (Fsp3) is 0.200. The standard InChI is InChI=1S/C20H18ClNO4/c1-24-15-9-7-14(18(12-15)25-2)11-17-20(23)26-19(22-17)10-8-13-5-3-4-6-16(13)21/h3-7,9,11-12H,8,10H2,1-2H3/b17-11+. The third kappa shape index (κ3) is 4.06. The van der Waals surface area contributed by atoms with Crippen molar-refractivity contribution in [3.05, 3.63) is 64.3 Å². The van der Waals surface area contributed by atoms with E-state index in [4.69, 9.17) is 25.8 Å². The summed E-state index contributed by atoms with van der Waals surface area (Å²) in [6.45, 7) is 0. The molecule has 1 heterocycles. The molecule has 0 fully saturated rings. The molecule has 2 aromatic rings. The van der Waals surface area contributed by atoms with Crippen molar-refractivity contribution in [1.29, 1.82) is 0 Å². The van der Waals surface area contributed by atoms with Crippen LogP contribution in [0.1, 0.15) is 17.5 Å². The van der Waals surface area contributed by atoms with Crippen molar-refractivity contribution in [2.75, 3.05) is 14.2 Å². The zero-order valence-corrected chi connectivity index (χ0v) is 15.2. The van der Waals surface area contributed by atoms with Crippen LogP contribution in [0.3, 0.4) is 0 Å². The van der Waals surface area contributed by atoms with E-state index in [1.807, 2.05) is 24.3 Å². The minimum Gasteiger partial charge on any atom is -0.497 e. The van der Waals surface area contributed by atoms with Crippen LogP contribution in [0.4, 0.5) is 0 Å². The summed E-state index contributed by atoms with van der Waals surface area (Å²) in [5.74, 6) is 1.16. The molecule has 0 N–H and O–H groups in total. The van der Waals surface area contributed by atoms with Gasteiger partial charge in [0.1, 0.15) is 11.5 Å². The Morgan fingerprint density at radius 3 is 2.65 bits per heavy atom. The second kappa shape index (κ2) is 8.06. The summed E-state index contributed by atoms with van der Waals surface area (Å²) in [6, 6.07) is 12.9. The highest BCUT2D eigenvalue weighted by molar-refractivity contribution is 6.31. The van der Waals surface area contributed by atoms with Gasteiger partial charge in [-0.3, -0.25) is 0 Å². The second-order valence-electron chi connectivity index (χ2n) is 5.62. The third-order valence-corrected chi connectivity index (χ3v) is 4.33. The van der Waals surface area contributed by atoms with E-state index >= 15 is 0 Å². The van der Waals surface area contributed by atoms with Gasteiger partial charge in [0.2, 0.25) is 0 Å². The van der Waals surface area contributed by atoms with Gasteiger partial charge in [0, 0.05) is 23.1 Å². The van der Waals surface area contributed by atoms with Crippen molar-refractivity contribution in [2.45, 2.75) is 12.8 Å². The van der Waals surface area contributed by atoms with Crippen LogP contribution in [-0.2, 0) is 16.0 Å². The van der Waals surface area contributed by atoms with E-state index in [0.717, 1.165) is 11.1 Å². The number of aliphatic imine (C=N–C) groups is 1. The SMILES string of the molecule is COc1ccc(/C=C2/N=C(CCc3ccccc3Cl)OC2=O)c(OC)c1. The van der Waals surface area contributed by atoms with Gasteiger partial charge in [-0.15, -0.1) is 0 Å². The number of benzene rings is 2. The number of carbonyl (C=O) groups excluding carboxylic acids is 1. The molecule has 0 radical (unpaired) electrons. The number of halogens is 1. The van der Waals surface area contributed by atoms with Gasteiger partial charge in [0.05, 0.1) is 14.2 Å². The van der Waals surface area contributed by atoms with Gasteiger partial charge >= 0.3 is 5.97 Å². The second-order valence-corrected chi connectivity index (χ2v) is 6.03. The van der Waals surface area contributed by atoms with Crippen LogP contribution < -0.4 is 9.47 Å². The Morgan fingerprint density at radius 2 is 1.92 bits per heavy atom. The van der Waals surface area contributed by atoms with Crippen molar-refractivity contribution in [2.24, 2.45) is 4.99 Å². The molecule has 0 bridgehead atoms. The lowest BCUT2D eigenvalue weighted by Crippen LogP contribution is -2.05. The molecular weight excluding hydrogens is 354 g/mol. The van der Waals surface area contributed by atoms with Crippen LogP contribution in [0, 0.1) is 0 Å². The number of ether oxygens (including phenoxy) is 3. The zero-order chi connectivity index (χ0) is 18.5. The summed E-state index contributed by atoms with van der Waals surface area (Å²) in [7, 11) is 3.14. The maximum atomic E-state index is 12.1. The first-order valence-electron chi connectivity index (χ1n) is 8.07. The first kappa shape index (κ1) is 18.0. The van der Waals surface area contributed by atoms with Crippen LogP contribution in [0.25, 0.3) is 6.08 Å². The Hall–Kier alpha value is -2.79. The smallest absolute Gasteiger partial charge is 0.363 e. The highest BCUT2D eigenvalue weighted by atomic mass is 35.5. The van der Waals surface area contributed by atoms with Crippen LogP contribution in [0.2, 0.25) is 5.02 Å². The van der Waals surface area contributed by atoms with E-state index in [1.165, 1.54) is 0 Å². The average Bonchev–Trinajstić information content (AvgIpc) is 3.01. The third-order valence-electron chi connectivity index (χ3n) is 3.96. The maximum absolute atomic E-state index is 12.1. The van der Waals surface area contributed by atoms with E-state index in [1.54, 1.807) is 38.5 Å². The Bertz CT molecular complexity index is 889. The number of hydrogen-bond donors (Lipinski definition) is 0. The summed E-state index contributed by atoms with van der Waals surface area (Å²) in [6.07, 6.45) is 2.78. The number of aryl methyl sites for hydroxylation is 1. The predicted octanol–water partition coefficient (Wildman–Crippen LogP) is 4.29. The number of hydrogen-bond acceptors (Lipinski definition) is 5. The molecule has 0 atom stereocenters. The lowest BCUT2D eigenvalue weighted by Gasteiger charge is -2.07. The molecule has 6 heteroatoms. The monoisotopic (exact) mass is 371 g/mol. The number of rotatable bonds is 6. The summed E-state index contributed by atoms with van der Waals surface area (Å²) in [5.41, 5.74) is 1.95. The molecule has 0 saturated heterocycles. The van der Waals surface area contributed by atoms with E-state index in [-0.39, 0.29) is 5.70 Å². The van der Waals surface area contributed by atoms with Gasteiger partial charge < -0.3 is 14.2 Å². The van der Waals surface area contributed by atoms with Crippen LogP contribution in [0.5, 0.6) is 11.5 Å². The molecule has 0 saturated carbocycles. The van der Waals surface area contributed by atoms with Gasteiger partial charge in [-0.05, 0) is 36.3 Å². The molecule has 0 unspecified atom stereocenters. The molecule has 0 spiro atoms. The van der Waals surface area contributed by atoms with Gasteiger partial charge in [0.25, 0.3) is 0 Å². The molecule has 1 aliphatic heterocycles. The fourth-order valence-corrected chi connectivity index (χ4v) is 2.82. The summed E-state index contributed by atoms with van der Waals surface area (Å²) in [5, 5.41) is 0.691. The lowest BCUT2D eigenvalue weighted by atomic mass is 10.1. The van der Waals surface area contributed by atoms with Crippen LogP contribution >= 0.6 is 11.6 Å². The van der Waals surface area contributed by atoms with Gasteiger partial charge in [-0.1, -0.05) is 29.8 Å². The largest absolute Gasteiger partial charge is 0.497 e. The quantitative estimate of drug-likeness (QED) is 0.561. The van der Waals surface area contributed by atoms with E-state index < -0.39 is 5.97 Å². The Labute approximate surface area is 156 Å². The maximum Gasteiger partial charge on any atom is 0.363 e. The van der Waals surface area contributed by atoms with Crippen molar-refractivity contribution >= 4 is 29.5 Å². The molecular formula is C20H18ClNO4. The van der Waals surface area contributed by atoms with E-state index in [2.05, 4.69) is 4.99 Å². The first-order chi connectivity index (χ1) is 12.6. The highest BCUT2D eigenvalue weighted by Gasteiger charge is 2.23. The van der Waals surface area contributed by atoms with E-state index in [0.29, 0.717) is 35.3 Å². The van der Waals surface area contributed by atoms with Crippen molar-refractivity contribution in [3.63, 3.8) is 0 Å². The van der Waals surface area contributed by atoms with Crippen molar-refractivity contribution in [3.8, 4) is 11.5 Å². The number of nitrogens with zero attached hydrogens (tertiary/aromatic N) is 1. The molecule has 1 aliphatic rings. The molecule has 134 valence electrons. The number of esters is 1. The molecule has 0 aliphatic carbocycles. The summed E-state index contributed by atoms with van der Waals surface area (Å²) < 4.78 is 15.8. The number of cyclic esters (lactones) is 1. The summed E-state index contributed by atoms with van der Waals surface area (Å²) in [4.78, 5) is 16.4. The van der Waals surface area contributed by atoms with Crippen molar-refractivity contribution < 1.29 is 19.0 Å². The molecule has 0 amide bonds. The number of methoxy groups -OCH3 is 2. The fourth-order valence-electron chi connectivity index (χ4n) is 2.59. The van der Waals surface area contributed by atoms with Crippen LogP contribution in [-0.4, -0.2) is 26.1 Å². The van der Waals surface area contributed by atoms with Gasteiger partial charge in [-0.2, -0.15) is 0 Å². The molecule has 0 aromatic heterocycles. The molecule has 26 heavy (non-hydrogen) atoms. The predicted molar refractivity (Wildman–Crippen MR) is 101 cm³/mol. The van der Waals surface area contributed by atoms with Crippen LogP contribution in [0.15, 0.2) is 53.2 Å². The summed E-state index contributed by atoms with van der Waals surface area (Å²) >= 11 is 6.15. The molecule has 2 aromatic carbocycles. The first-order valence-corrected chi connectivity index (χ1v) is 8.45. The van der Waals surface area contributed by atoms with Gasteiger partial charge in [0.15, 0.2) is 11.6 Å². The normalized spacial score (nSPS) is 15.0. The minimum absolute atomic E-state index is 0.239. The number of carbonyl (C=O) groups is 1. The zero-order valence-electron chi connectivity index (χ0n) is 14.5. The average molecular weight is 372 g/mol. The highest BCUT2D eigenvalue weighted by Crippen LogP contribution is 2.28. The van der Waals surface area contributed by atoms with E-state index in [9.17, 15) is 4.79 Å². The topological polar surface area (TPSA) is 57.1 Å². The Kier molecular flexibility index (Phi) is 5.58. The van der Waals surface area contributed by atoms with Gasteiger partial charge in [-0.25, -0.2) is 9.79 Å². The Morgan fingerprint density at radius 1 is 1.12 bits per heavy atom. The Balaban J connectivity index is 1.77. The molecule has 5 nitrogen and oxygen atoms in total.